The van der Waals surface area contributed by atoms with Crippen molar-refractivity contribution in [2.75, 3.05) is 13.1 Å². The molecule has 0 radical (unpaired) electrons. The summed E-state index contributed by atoms with van der Waals surface area (Å²) < 4.78 is 0. The van der Waals surface area contributed by atoms with Crippen LogP contribution in [0.25, 0.3) is 0 Å². The maximum atomic E-state index is 11.9. The van der Waals surface area contributed by atoms with E-state index < -0.39 is 17.3 Å². The number of rotatable bonds is 7. The van der Waals surface area contributed by atoms with Crippen LogP contribution in [-0.4, -0.2) is 36.0 Å². The molecule has 0 saturated heterocycles. The molecular formula is C18H26N2O4. The summed E-state index contributed by atoms with van der Waals surface area (Å²) in [5.41, 5.74) is -0.781. The zero-order valence-electron chi connectivity index (χ0n) is 14.7. The Kier molecular flexibility index (Phi) is 6.51. The third-order valence-corrected chi connectivity index (χ3v) is 3.66. The molecule has 3 N–H and O–H groups in total. The van der Waals surface area contributed by atoms with Crippen LogP contribution in [0.5, 0.6) is 0 Å². The Balaban J connectivity index is 2.58. The maximum Gasteiger partial charge on any atom is 0.315 e. The van der Waals surface area contributed by atoms with Crippen molar-refractivity contribution >= 4 is 17.8 Å². The highest BCUT2D eigenvalue weighted by Crippen LogP contribution is 2.23. The number of nitrogens with one attached hydrogen (secondary N) is 2. The monoisotopic (exact) mass is 334 g/mol. The Morgan fingerprint density at radius 1 is 0.958 bits per heavy atom. The molecule has 1 atom stereocenters. The van der Waals surface area contributed by atoms with Crippen LogP contribution in [0.4, 0.5) is 0 Å². The normalized spacial score (nSPS) is 13.7. The Hall–Kier alpha value is -2.37. The first-order chi connectivity index (χ1) is 11.0. The molecule has 0 aromatic heterocycles. The Bertz CT molecular complexity index is 593. The standard InChI is InChI=1S/C18H26N2O4/c1-17(2,3)10-14(21)19-11-15(22)20-12-18(4,16(23)24)13-8-6-5-7-9-13/h5-9H,10-12H2,1-4H3,(H,19,21)(H,20,22)(H,23,24). The minimum absolute atomic E-state index is 0.0552. The predicted octanol–water partition coefficient (Wildman–Crippen LogP) is 1.70. The maximum absolute atomic E-state index is 11.9. The molecule has 0 aliphatic heterocycles. The summed E-state index contributed by atoms with van der Waals surface area (Å²) in [5.74, 6) is -1.65. The highest BCUT2D eigenvalue weighted by atomic mass is 16.4. The Morgan fingerprint density at radius 2 is 1.54 bits per heavy atom. The van der Waals surface area contributed by atoms with E-state index in [1.54, 1.807) is 37.3 Å². The summed E-state index contributed by atoms with van der Waals surface area (Å²) in [7, 11) is 0. The third kappa shape index (κ3) is 6.02. The lowest BCUT2D eigenvalue weighted by atomic mass is 9.82. The quantitative estimate of drug-likeness (QED) is 0.707. The van der Waals surface area contributed by atoms with Crippen LogP contribution in [0.3, 0.4) is 0 Å². The van der Waals surface area contributed by atoms with Crippen molar-refractivity contribution < 1.29 is 19.5 Å². The number of hydrogen-bond acceptors (Lipinski definition) is 3. The molecule has 0 aliphatic rings. The zero-order chi connectivity index (χ0) is 18.4. The summed E-state index contributed by atoms with van der Waals surface area (Å²) >= 11 is 0. The third-order valence-electron chi connectivity index (χ3n) is 3.66. The van der Waals surface area contributed by atoms with Gasteiger partial charge in [-0.2, -0.15) is 0 Å². The second kappa shape index (κ2) is 7.95. The number of carbonyl (C=O) groups is 3. The van der Waals surface area contributed by atoms with Crippen molar-refractivity contribution in [3.05, 3.63) is 35.9 Å². The van der Waals surface area contributed by atoms with Crippen molar-refractivity contribution in [2.24, 2.45) is 5.41 Å². The van der Waals surface area contributed by atoms with Crippen LogP contribution in [0.15, 0.2) is 30.3 Å². The first kappa shape index (κ1) is 19.7. The van der Waals surface area contributed by atoms with Gasteiger partial charge in [0.2, 0.25) is 11.8 Å². The van der Waals surface area contributed by atoms with Gasteiger partial charge in [-0.3, -0.25) is 14.4 Å². The van der Waals surface area contributed by atoms with E-state index in [9.17, 15) is 19.5 Å². The summed E-state index contributed by atoms with van der Waals surface area (Å²) in [6.45, 7) is 7.14. The lowest BCUT2D eigenvalue weighted by Gasteiger charge is -2.25. The van der Waals surface area contributed by atoms with Gasteiger partial charge < -0.3 is 15.7 Å². The number of carboxylic acids is 1. The fourth-order valence-corrected chi connectivity index (χ4v) is 2.17. The van der Waals surface area contributed by atoms with Crippen LogP contribution >= 0.6 is 0 Å². The molecule has 6 heteroatoms. The van der Waals surface area contributed by atoms with Gasteiger partial charge in [0.15, 0.2) is 0 Å². The molecule has 2 amide bonds. The van der Waals surface area contributed by atoms with E-state index >= 15 is 0 Å². The number of hydrogen-bond donors (Lipinski definition) is 3. The van der Waals surface area contributed by atoms with E-state index in [1.165, 1.54) is 0 Å². The van der Waals surface area contributed by atoms with E-state index in [4.69, 9.17) is 0 Å². The van der Waals surface area contributed by atoms with Crippen molar-refractivity contribution in [1.82, 2.24) is 10.6 Å². The van der Waals surface area contributed by atoms with Gasteiger partial charge in [0, 0.05) is 13.0 Å². The summed E-state index contributed by atoms with van der Waals surface area (Å²) in [5, 5.41) is 14.7. The minimum Gasteiger partial charge on any atom is -0.481 e. The molecule has 0 fully saturated rings. The molecule has 6 nitrogen and oxygen atoms in total. The van der Waals surface area contributed by atoms with Gasteiger partial charge in [-0.15, -0.1) is 0 Å². The SMILES string of the molecule is CC(C)(C)CC(=O)NCC(=O)NCC(C)(C(=O)O)c1ccccc1. The largest absolute Gasteiger partial charge is 0.481 e. The number of benzene rings is 1. The molecule has 1 aromatic carbocycles. The van der Waals surface area contributed by atoms with Gasteiger partial charge in [0.05, 0.1) is 6.54 Å². The van der Waals surface area contributed by atoms with Crippen molar-refractivity contribution in [1.29, 1.82) is 0 Å². The topological polar surface area (TPSA) is 95.5 Å². The molecule has 132 valence electrons. The smallest absolute Gasteiger partial charge is 0.315 e. The highest BCUT2D eigenvalue weighted by Gasteiger charge is 2.35. The number of amides is 2. The Labute approximate surface area is 142 Å². The molecule has 0 saturated carbocycles. The first-order valence-corrected chi connectivity index (χ1v) is 7.87. The van der Waals surface area contributed by atoms with E-state index in [0.29, 0.717) is 12.0 Å². The van der Waals surface area contributed by atoms with Crippen molar-refractivity contribution in [3.63, 3.8) is 0 Å². The zero-order valence-corrected chi connectivity index (χ0v) is 14.7. The van der Waals surface area contributed by atoms with E-state index in [0.717, 1.165) is 0 Å². The van der Waals surface area contributed by atoms with E-state index in [1.807, 2.05) is 20.8 Å². The molecule has 0 aliphatic carbocycles. The molecule has 0 bridgehead atoms. The molecule has 1 unspecified atom stereocenters. The van der Waals surface area contributed by atoms with E-state index in [-0.39, 0.29) is 24.4 Å². The van der Waals surface area contributed by atoms with Gasteiger partial charge in [0.1, 0.15) is 5.41 Å². The molecule has 1 aromatic rings. The predicted molar refractivity (Wildman–Crippen MR) is 91.5 cm³/mol. The lowest BCUT2D eigenvalue weighted by Crippen LogP contribution is -2.47. The Morgan fingerprint density at radius 3 is 2.04 bits per heavy atom. The van der Waals surface area contributed by atoms with E-state index in [2.05, 4.69) is 10.6 Å². The first-order valence-electron chi connectivity index (χ1n) is 7.87. The van der Waals surface area contributed by atoms with Crippen LogP contribution in [0.1, 0.15) is 39.7 Å². The van der Waals surface area contributed by atoms with Gasteiger partial charge >= 0.3 is 5.97 Å². The van der Waals surface area contributed by atoms with Gasteiger partial charge in [-0.25, -0.2) is 0 Å². The van der Waals surface area contributed by atoms with Crippen LogP contribution in [0, 0.1) is 5.41 Å². The summed E-state index contributed by atoms with van der Waals surface area (Å²) in [6.07, 6.45) is 0.317. The molecule has 0 spiro atoms. The average molecular weight is 334 g/mol. The molecule has 1 rings (SSSR count). The number of aliphatic carboxylic acids is 1. The lowest BCUT2D eigenvalue weighted by molar-refractivity contribution is -0.143. The minimum atomic E-state index is -1.23. The second-order valence-electron chi connectivity index (χ2n) is 7.29. The average Bonchev–Trinajstić information content (AvgIpc) is 2.49. The van der Waals surface area contributed by atoms with Gasteiger partial charge in [-0.1, -0.05) is 51.1 Å². The van der Waals surface area contributed by atoms with Crippen LogP contribution in [0.2, 0.25) is 0 Å². The number of carbonyl (C=O) groups excluding carboxylic acids is 2. The fourth-order valence-electron chi connectivity index (χ4n) is 2.17. The highest BCUT2D eigenvalue weighted by molar-refractivity contribution is 5.86. The molecular weight excluding hydrogens is 308 g/mol. The van der Waals surface area contributed by atoms with Gasteiger partial charge in [0.25, 0.3) is 0 Å². The number of carboxylic acid groups (broad SMARTS) is 1. The van der Waals surface area contributed by atoms with Crippen molar-refractivity contribution in [3.8, 4) is 0 Å². The molecule has 24 heavy (non-hydrogen) atoms. The van der Waals surface area contributed by atoms with Crippen LogP contribution < -0.4 is 10.6 Å². The van der Waals surface area contributed by atoms with Crippen LogP contribution in [-0.2, 0) is 19.8 Å². The summed E-state index contributed by atoms with van der Waals surface area (Å²) in [6, 6.07) is 8.74. The van der Waals surface area contributed by atoms with Gasteiger partial charge in [-0.05, 0) is 17.9 Å². The second-order valence-corrected chi connectivity index (χ2v) is 7.29. The fraction of sp³-hybridized carbons (Fsp3) is 0.500. The molecule has 0 heterocycles. The van der Waals surface area contributed by atoms with Crippen molar-refractivity contribution in [2.45, 2.75) is 39.5 Å². The summed E-state index contributed by atoms with van der Waals surface area (Å²) in [4.78, 5) is 35.2.